The fraction of sp³-hybridized carbons (Fsp3) is 0. The van der Waals surface area contributed by atoms with Gasteiger partial charge in [-0.25, -0.2) is 0 Å². The van der Waals surface area contributed by atoms with Crippen LogP contribution in [0.4, 0.5) is 11.4 Å². The van der Waals surface area contributed by atoms with E-state index in [0.717, 1.165) is 5.56 Å². The van der Waals surface area contributed by atoms with E-state index < -0.39 is 4.92 Å². The first-order chi connectivity index (χ1) is 9.25. The lowest BCUT2D eigenvalue weighted by Gasteiger charge is -1.93. The third-order valence-corrected chi connectivity index (χ3v) is 2.44. The monoisotopic (exact) mass is 252 g/mol. The van der Waals surface area contributed by atoms with E-state index in [1.54, 1.807) is 24.4 Å². The SMILES string of the molecule is O=[N+]([O-])c1cccc(N=CC=Cc2ccccc2)c1. The molecular formula is C15H12N2O2. The van der Waals surface area contributed by atoms with Crippen molar-refractivity contribution in [2.75, 3.05) is 0 Å². The molecule has 4 nitrogen and oxygen atoms in total. The van der Waals surface area contributed by atoms with Crippen LogP contribution in [-0.4, -0.2) is 11.1 Å². The molecule has 0 spiro atoms. The summed E-state index contributed by atoms with van der Waals surface area (Å²) in [5, 5.41) is 10.6. The summed E-state index contributed by atoms with van der Waals surface area (Å²) in [7, 11) is 0. The molecule has 0 saturated heterocycles. The van der Waals surface area contributed by atoms with Gasteiger partial charge in [-0.05, 0) is 17.7 Å². The summed E-state index contributed by atoms with van der Waals surface area (Å²) in [6.45, 7) is 0. The van der Waals surface area contributed by atoms with Gasteiger partial charge in [-0.2, -0.15) is 0 Å². The van der Waals surface area contributed by atoms with Crippen LogP contribution in [0.5, 0.6) is 0 Å². The standard InChI is InChI=1S/C15H12N2O2/c18-17(19)15-10-4-9-14(12-15)16-11-5-8-13-6-2-1-3-7-13/h1-12H. The summed E-state index contributed by atoms with van der Waals surface area (Å²) in [6, 6.07) is 16.1. The molecule has 0 aliphatic rings. The average Bonchev–Trinajstić information content (AvgIpc) is 2.45. The van der Waals surface area contributed by atoms with Crippen molar-refractivity contribution in [2.45, 2.75) is 0 Å². The quantitative estimate of drug-likeness (QED) is 0.469. The summed E-state index contributed by atoms with van der Waals surface area (Å²) in [5.74, 6) is 0. The molecule has 2 rings (SSSR count). The topological polar surface area (TPSA) is 55.5 Å². The van der Waals surface area contributed by atoms with Crippen LogP contribution in [0, 0.1) is 10.1 Å². The minimum Gasteiger partial charge on any atom is -0.258 e. The van der Waals surface area contributed by atoms with Gasteiger partial charge in [0.05, 0.1) is 10.6 Å². The van der Waals surface area contributed by atoms with Gasteiger partial charge in [0.25, 0.3) is 5.69 Å². The molecule has 0 heterocycles. The van der Waals surface area contributed by atoms with E-state index in [9.17, 15) is 10.1 Å². The molecule has 0 amide bonds. The zero-order chi connectivity index (χ0) is 13.5. The smallest absolute Gasteiger partial charge is 0.258 e. The van der Waals surface area contributed by atoms with Gasteiger partial charge in [0.2, 0.25) is 0 Å². The number of aliphatic imine (C=N–C) groups is 1. The second-order valence-corrected chi connectivity index (χ2v) is 3.82. The van der Waals surface area contributed by atoms with Crippen molar-refractivity contribution in [3.05, 3.63) is 76.4 Å². The van der Waals surface area contributed by atoms with Gasteiger partial charge in [-0.3, -0.25) is 15.1 Å². The normalized spacial score (nSPS) is 11.2. The second kappa shape index (κ2) is 6.26. The molecule has 0 unspecified atom stereocenters. The lowest BCUT2D eigenvalue weighted by atomic mass is 10.2. The summed E-state index contributed by atoms with van der Waals surface area (Å²) in [5.41, 5.74) is 1.68. The number of nitro benzene ring substituents is 1. The maximum Gasteiger partial charge on any atom is 0.271 e. The first-order valence-electron chi connectivity index (χ1n) is 5.76. The molecule has 0 N–H and O–H groups in total. The summed E-state index contributed by atoms with van der Waals surface area (Å²) in [6.07, 6.45) is 5.33. The highest BCUT2D eigenvalue weighted by Crippen LogP contribution is 2.19. The first kappa shape index (κ1) is 12.7. The van der Waals surface area contributed by atoms with E-state index in [1.165, 1.54) is 12.1 Å². The van der Waals surface area contributed by atoms with Gasteiger partial charge < -0.3 is 0 Å². The minimum absolute atomic E-state index is 0.0432. The number of allylic oxidation sites excluding steroid dienone is 1. The third-order valence-electron chi connectivity index (χ3n) is 2.44. The zero-order valence-corrected chi connectivity index (χ0v) is 10.1. The van der Waals surface area contributed by atoms with E-state index in [0.29, 0.717) is 5.69 Å². The van der Waals surface area contributed by atoms with Crippen molar-refractivity contribution in [1.82, 2.24) is 0 Å². The highest BCUT2D eigenvalue weighted by molar-refractivity contribution is 5.80. The summed E-state index contributed by atoms with van der Waals surface area (Å²) >= 11 is 0. The van der Waals surface area contributed by atoms with Gasteiger partial charge in [-0.1, -0.05) is 42.5 Å². The fourth-order valence-electron chi connectivity index (χ4n) is 1.53. The maximum absolute atomic E-state index is 10.6. The van der Waals surface area contributed by atoms with Gasteiger partial charge in [0.15, 0.2) is 0 Å². The third kappa shape index (κ3) is 3.89. The molecule has 0 fully saturated rings. The van der Waals surface area contributed by atoms with E-state index in [2.05, 4.69) is 4.99 Å². The largest absolute Gasteiger partial charge is 0.271 e. The Morgan fingerprint density at radius 1 is 1.05 bits per heavy atom. The summed E-state index contributed by atoms with van der Waals surface area (Å²) < 4.78 is 0. The van der Waals surface area contributed by atoms with Crippen LogP contribution in [0.2, 0.25) is 0 Å². The maximum atomic E-state index is 10.6. The molecule has 4 heteroatoms. The molecule has 0 radical (unpaired) electrons. The Balaban J connectivity index is 2.05. The van der Waals surface area contributed by atoms with E-state index in [1.807, 2.05) is 36.4 Å². The molecule has 94 valence electrons. The van der Waals surface area contributed by atoms with Crippen LogP contribution in [0.25, 0.3) is 6.08 Å². The van der Waals surface area contributed by atoms with Crippen LogP contribution < -0.4 is 0 Å². The number of benzene rings is 2. The van der Waals surface area contributed by atoms with Crippen LogP contribution in [-0.2, 0) is 0 Å². The van der Waals surface area contributed by atoms with Crippen LogP contribution >= 0.6 is 0 Å². The van der Waals surface area contributed by atoms with Crippen LogP contribution in [0.15, 0.2) is 65.7 Å². The molecular weight excluding hydrogens is 240 g/mol. The minimum atomic E-state index is -0.432. The van der Waals surface area contributed by atoms with Crippen molar-refractivity contribution in [2.24, 2.45) is 4.99 Å². The summed E-state index contributed by atoms with van der Waals surface area (Å²) in [4.78, 5) is 14.3. The van der Waals surface area contributed by atoms with Crippen LogP contribution in [0.1, 0.15) is 5.56 Å². The lowest BCUT2D eigenvalue weighted by molar-refractivity contribution is -0.384. The average molecular weight is 252 g/mol. The lowest BCUT2D eigenvalue weighted by Crippen LogP contribution is -1.85. The number of hydrogen-bond donors (Lipinski definition) is 0. The van der Waals surface area contributed by atoms with Gasteiger partial charge in [0, 0.05) is 18.3 Å². The van der Waals surface area contributed by atoms with Gasteiger partial charge >= 0.3 is 0 Å². The zero-order valence-electron chi connectivity index (χ0n) is 10.1. The molecule has 0 aliphatic carbocycles. The Morgan fingerprint density at radius 3 is 2.58 bits per heavy atom. The molecule has 0 saturated carbocycles. The van der Waals surface area contributed by atoms with Crippen molar-refractivity contribution in [3.63, 3.8) is 0 Å². The molecule has 2 aromatic rings. The highest BCUT2D eigenvalue weighted by atomic mass is 16.6. The van der Waals surface area contributed by atoms with Crippen molar-refractivity contribution >= 4 is 23.7 Å². The molecule has 0 aromatic heterocycles. The van der Waals surface area contributed by atoms with Gasteiger partial charge in [0.1, 0.15) is 0 Å². The second-order valence-electron chi connectivity index (χ2n) is 3.82. The van der Waals surface area contributed by atoms with Crippen LogP contribution in [0.3, 0.4) is 0 Å². The number of non-ortho nitro benzene ring substituents is 1. The predicted molar refractivity (Wildman–Crippen MR) is 76.7 cm³/mol. The Labute approximate surface area is 110 Å². The number of nitrogens with zero attached hydrogens (tertiary/aromatic N) is 2. The fourth-order valence-corrected chi connectivity index (χ4v) is 1.53. The Morgan fingerprint density at radius 2 is 1.84 bits per heavy atom. The predicted octanol–water partition coefficient (Wildman–Crippen LogP) is 4.01. The van der Waals surface area contributed by atoms with E-state index in [-0.39, 0.29) is 5.69 Å². The Hall–Kier alpha value is -2.75. The van der Waals surface area contributed by atoms with Crippen molar-refractivity contribution < 1.29 is 4.92 Å². The molecule has 0 bridgehead atoms. The highest BCUT2D eigenvalue weighted by Gasteiger charge is 2.03. The molecule has 0 atom stereocenters. The molecule has 2 aromatic carbocycles. The van der Waals surface area contributed by atoms with Gasteiger partial charge in [-0.15, -0.1) is 0 Å². The van der Waals surface area contributed by atoms with Crippen molar-refractivity contribution in [1.29, 1.82) is 0 Å². The first-order valence-corrected chi connectivity index (χ1v) is 5.76. The molecule has 19 heavy (non-hydrogen) atoms. The Kier molecular flexibility index (Phi) is 4.18. The van der Waals surface area contributed by atoms with E-state index in [4.69, 9.17) is 0 Å². The van der Waals surface area contributed by atoms with Crippen molar-refractivity contribution in [3.8, 4) is 0 Å². The molecule has 0 aliphatic heterocycles. The number of rotatable bonds is 4. The number of hydrogen-bond acceptors (Lipinski definition) is 3. The number of nitro groups is 1. The van der Waals surface area contributed by atoms with E-state index >= 15 is 0 Å². The Bertz CT molecular complexity index is 619.